The van der Waals surface area contributed by atoms with Gasteiger partial charge in [-0.2, -0.15) is 0 Å². The maximum atomic E-state index is 12.0. The standard InChI is InChI=1S/C19H25N3OS/c23-18(20-10-6-9-16-7-2-1-3-8-16)13-17-15-24-19(21-17)14-22-11-4-5-12-22/h1-3,7-8,15H,4-6,9-14H2,(H,20,23). The number of hydrogen-bond acceptors (Lipinski definition) is 4. The maximum absolute atomic E-state index is 12.0. The lowest BCUT2D eigenvalue weighted by molar-refractivity contribution is -0.120. The van der Waals surface area contributed by atoms with Gasteiger partial charge in [-0.05, 0) is 44.3 Å². The third-order valence-electron chi connectivity index (χ3n) is 4.31. The molecule has 0 bridgehead atoms. The molecule has 0 spiro atoms. The van der Waals surface area contributed by atoms with Crippen LogP contribution in [-0.4, -0.2) is 35.4 Å². The Morgan fingerprint density at radius 3 is 2.79 bits per heavy atom. The third-order valence-corrected chi connectivity index (χ3v) is 5.19. The number of likely N-dealkylation sites (tertiary alicyclic amines) is 1. The van der Waals surface area contributed by atoms with Crippen molar-refractivity contribution in [3.05, 3.63) is 52.0 Å². The summed E-state index contributed by atoms with van der Waals surface area (Å²) in [6.07, 6.45) is 4.94. The summed E-state index contributed by atoms with van der Waals surface area (Å²) in [5.41, 5.74) is 2.22. The average molecular weight is 343 g/mol. The van der Waals surface area contributed by atoms with Gasteiger partial charge in [0.25, 0.3) is 0 Å². The number of carbonyl (C=O) groups excluding carboxylic acids is 1. The Bertz CT molecular complexity index is 635. The quantitative estimate of drug-likeness (QED) is 0.750. The lowest BCUT2D eigenvalue weighted by Crippen LogP contribution is -2.26. The van der Waals surface area contributed by atoms with Gasteiger partial charge in [-0.25, -0.2) is 4.98 Å². The van der Waals surface area contributed by atoms with Crippen LogP contribution in [0.25, 0.3) is 0 Å². The Morgan fingerprint density at radius 1 is 1.21 bits per heavy atom. The second-order valence-electron chi connectivity index (χ2n) is 6.33. The lowest BCUT2D eigenvalue weighted by Gasteiger charge is -2.11. The Hall–Kier alpha value is -1.72. The molecule has 1 fully saturated rings. The minimum absolute atomic E-state index is 0.0704. The summed E-state index contributed by atoms with van der Waals surface area (Å²) < 4.78 is 0. The van der Waals surface area contributed by atoms with Crippen LogP contribution in [0.3, 0.4) is 0 Å². The first-order valence-corrected chi connectivity index (χ1v) is 9.64. The molecule has 24 heavy (non-hydrogen) atoms. The largest absolute Gasteiger partial charge is 0.356 e. The van der Waals surface area contributed by atoms with Crippen molar-refractivity contribution in [1.82, 2.24) is 15.2 Å². The molecule has 5 heteroatoms. The van der Waals surface area contributed by atoms with E-state index in [1.165, 1.54) is 31.5 Å². The number of thiazole rings is 1. The molecule has 1 saturated heterocycles. The summed E-state index contributed by atoms with van der Waals surface area (Å²) >= 11 is 1.67. The fraction of sp³-hybridized carbons (Fsp3) is 0.474. The second-order valence-corrected chi connectivity index (χ2v) is 7.27. The monoisotopic (exact) mass is 343 g/mol. The first-order valence-electron chi connectivity index (χ1n) is 8.76. The summed E-state index contributed by atoms with van der Waals surface area (Å²) in [6.45, 7) is 4.01. The number of nitrogens with one attached hydrogen (secondary N) is 1. The minimum atomic E-state index is 0.0704. The molecule has 0 radical (unpaired) electrons. The Morgan fingerprint density at radius 2 is 2.00 bits per heavy atom. The number of aromatic nitrogens is 1. The number of rotatable bonds is 8. The number of amides is 1. The number of nitrogens with zero attached hydrogens (tertiary/aromatic N) is 2. The van der Waals surface area contributed by atoms with Crippen LogP contribution in [0.15, 0.2) is 35.7 Å². The summed E-state index contributed by atoms with van der Waals surface area (Å²) in [4.78, 5) is 19.1. The van der Waals surface area contributed by atoms with Gasteiger partial charge < -0.3 is 5.32 Å². The molecule has 0 unspecified atom stereocenters. The van der Waals surface area contributed by atoms with Gasteiger partial charge in [0, 0.05) is 11.9 Å². The normalized spacial score (nSPS) is 14.8. The van der Waals surface area contributed by atoms with Crippen LogP contribution in [0.1, 0.15) is 35.5 Å². The highest BCUT2D eigenvalue weighted by molar-refractivity contribution is 7.09. The zero-order chi connectivity index (χ0) is 16.6. The first kappa shape index (κ1) is 17.1. The number of aryl methyl sites for hydroxylation is 1. The van der Waals surface area contributed by atoms with E-state index in [1.54, 1.807) is 11.3 Å². The van der Waals surface area contributed by atoms with E-state index >= 15 is 0 Å². The molecule has 0 atom stereocenters. The van der Waals surface area contributed by atoms with Gasteiger partial charge in [-0.1, -0.05) is 30.3 Å². The summed E-state index contributed by atoms with van der Waals surface area (Å²) in [6, 6.07) is 10.4. The smallest absolute Gasteiger partial charge is 0.226 e. The molecule has 4 nitrogen and oxygen atoms in total. The summed E-state index contributed by atoms with van der Waals surface area (Å²) in [5, 5.41) is 6.15. The molecule has 2 heterocycles. The third kappa shape index (κ3) is 5.42. The van der Waals surface area contributed by atoms with Crippen molar-refractivity contribution in [1.29, 1.82) is 0 Å². The zero-order valence-corrected chi connectivity index (χ0v) is 14.9. The molecular weight excluding hydrogens is 318 g/mol. The van der Waals surface area contributed by atoms with E-state index in [1.807, 2.05) is 11.4 Å². The highest BCUT2D eigenvalue weighted by atomic mass is 32.1. The molecule has 1 aromatic carbocycles. The van der Waals surface area contributed by atoms with Crippen molar-refractivity contribution in [2.75, 3.05) is 19.6 Å². The zero-order valence-electron chi connectivity index (χ0n) is 14.0. The van der Waals surface area contributed by atoms with Crippen LogP contribution in [0.4, 0.5) is 0 Å². The molecular formula is C19H25N3OS. The van der Waals surface area contributed by atoms with Crippen molar-refractivity contribution in [2.45, 2.75) is 38.6 Å². The molecule has 1 N–H and O–H groups in total. The van der Waals surface area contributed by atoms with Gasteiger partial charge in [0.2, 0.25) is 5.91 Å². The molecule has 1 aromatic heterocycles. The van der Waals surface area contributed by atoms with E-state index in [0.717, 1.165) is 36.6 Å². The first-order chi connectivity index (χ1) is 11.8. The van der Waals surface area contributed by atoms with Crippen molar-refractivity contribution in [3.63, 3.8) is 0 Å². The molecule has 0 aliphatic carbocycles. The van der Waals surface area contributed by atoms with Crippen LogP contribution in [0.2, 0.25) is 0 Å². The molecule has 2 aromatic rings. The van der Waals surface area contributed by atoms with E-state index in [0.29, 0.717) is 6.42 Å². The van der Waals surface area contributed by atoms with Crippen molar-refractivity contribution in [2.24, 2.45) is 0 Å². The summed E-state index contributed by atoms with van der Waals surface area (Å²) in [7, 11) is 0. The van der Waals surface area contributed by atoms with Gasteiger partial charge >= 0.3 is 0 Å². The highest BCUT2D eigenvalue weighted by Crippen LogP contribution is 2.16. The van der Waals surface area contributed by atoms with E-state index in [2.05, 4.69) is 39.5 Å². The van der Waals surface area contributed by atoms with E-state index < -0.39 is 0 Å². The average Bonchev–Trinajstić information content (AvgIpc) is 3.25. The molecule has 0 saturated carbocycles. The van der Waals surface area contributed by atoms with Gasteiger partial charge in [0.05, 0.1) is 18.7 Å². The van der Waals surface area contributed by atoms with Crippen molar-refractivity contribution in [3.8, 4) is 0 Å². The highest BCUT2D eigenvalue weighted by Gasteiger charge is 2.14. The predicted octanol–water partition coefficient (Wildman–Crippen LogP) is 3.03. The van der Waals surface area contributed by atoms with Gasteiger partial charge in [-0.3, -0.25) is 9.69 Å². The Balaban J connectivity index is 1.35. The fourth-order valence-electron chi connectivity index (χ4n) is 3.03. The topological polar surface area (TPSA) is 45.2 Å². The van der Waals surface area contributed by atoms with Crippen LogP contribution in [0, 0.1) is 0 Å². The number of carbonyl (C=O) groups is 1. The Labute approximate surface area is 147 Å². The van der Waals surface area contributed by atoms with Crippen molar-refractivity contribution < 1.29 is 4.79 Å². The van der Waals surface area contributed by atoms with Crippen molar-refractivity contribution >= 4 is 17.2 Å². The van der Waals surface area contributed by atoms with Crippen LogP contribution in [-0.2, 0) is 24.2 Å². The van der Waals surface area contributed by atoms with Crippen LogP contribution in [0.5, 0.6) is 0 Å². The lowest BCUT2D eigenvalue weighted by atomic mass is 10.1. The molecule has 1 aliphatic heterocycles. The maximum Gasteiger partial charge on any atom is 0.226 e. The van der Waals surface area contributed by atoms with E-state index in [4.69, 9.17) is 0 Å². The van der Waals surface area contributed by atoms with Gasteiger partial charge in [0.15, 0.2) is 0 Å². The fourth-order valence-corrected chi connectivity index (χ4v) is 3.86. The van der Waals surface area contributed by atoms with E-state index in [9.17, 15) is 4.79 Å². The second kappa shape index (κ2) is 8.94. The molecule has 1 aliphatic rings. The van der Waals surface area contributed by atoms with Gasteiger partial charge in [-0.15, -0.1) is 11.3 Å². The molecule has 3 rings (SSSR count). The Kier molecular flexibility index (Phi) is 6.38. The van der Waals surface area contributed by atoms with E-state index in [-0.39, 0.29) is 5.91 Å². The minimum Gasteiger partial charge on any atom is -0.356 e. The SMILES string of the molecule is O=C(Cc1csc(CN2CCCC2)n1)NCCCc1ccccc1. The predicted molar refractivity (Wildman–Crippen MR) is 98.1 cm³/mol. The van der Waals surface area contributed by atoms with Gasteiger partial charge in [0.1, 0.15) is 5.01 Å². The number of benzene rings is 1. The van der Waals surface area contributed by atoms with Crippen LogP contribution >= 0.6 is 11.3 Å². The number of hydrogen-bond donors (Lipinski definition) is 1. The van der Waals surface area contributed by atoms with Crippen LogP contribution < -0.4 is 5.32 Å². The molecule has 1 amide bonds. The summed E-state index contributed by atoms with van der Waals surface area (Å²) in [5.74, 6) is 0.0704. The molecule has 128 valence electrons.